The van der Waals surface area contributed by atoms with E-state index in [9.17, 15) is 4.79 Å². The summed E-state index contributed by atoms with van der Waals surface area (Å²) >= 11 is 1.75. The van der Waals surface area contributed by atoms with E-state index in [4.69, 9.17) is 14.2 Å². The monoisotopic (exact) mass is 354 g/mol. The minimum absolute atomic E-state index is 0.0136. The average Bonchev–Trinajstić information content (AvgIpc) is 2.62. The van der Waals surface area contributed by atoms with Gasteiger partial charge < -0.3 is 18.9 Å². The van der Waals surface area contributed by atoms with Crippen LogP contribution in [0.3, 0.4) is 0 Å². The Kier molecular flexibility index (Phi) is 8.42. The van der Waals surface area contributed by atoms with E-state index in [1.807, 2.05) is 24.3 Å². The molecule has 0 bridgehead atoms. The van der Waals surface area contributed by atoms with Crippen molar-refractivity contribution in [3.05, 3.63) is 24.3 Å². The fourth-order valence-corrected chi connectivity index (χ4v) is 3.23. The molecule has 134 valence electrons. The summed E-state index contributed by atoms with van der Waals surface area (Å²) in [5.74, 6) is 1.25. The van der Waals surface area contributed by atoms with Crippen molar-refractivity contribution in [1.82, 2.24) is 0 Å². The predicted octanol–water partition coefficient (Wildman–Crippen LogP) is 3.65. The molecule has 1 unspecified atom stereocenters. The molecule has 1 saturated heterocycles. The molecule has 0 spiro atoms. The molecule has 0 aliphatic carbocycles. The van der Waals surface area contributed by atoms with Gasteiger partial charge in [0.05, 0.1) is 13.7 Å². The maximum absolute atomic E-state index is 11.4. The van der Waals surface area contributed by atoms with E-state index in [1.54, 1.807) is 18.7 Å². The summed E-state index contributed by atoms with van der Waals surface area (Å²) in [5, 5.41) is 0. The highest BCUT2D eigenvalue weighted by molar-refractivity contribution is 7.99. The van der Waals surface area contributed by atoms with Gasteiger partial charge in [0, 0.05) is 17.3 Å². The highest BCUT2D eigenvalue weighted by atomic mass is 32.2. The topological polar surface area (TPSA) is 54.0 Å². The summed E-state index contributed by atoms with van der Waals surface area (Å²) in [6.45, 7) is 3.21. The standard InChI is InChI=1S/C18H26O5S/c1-14(18(19)20-2)23-15-7-5-8-16(13-15)24-12-6-11-22-17-9-3-4-10-21-17/h5,7-8,13-14,17H,3-4,6,9-12H2,1-2H3/t14-,17?/m0/s1. The second-order valence-corrected chi connectivity index (χ2v) is 6.80. The van der Waals surface area contributed by atoms with Crippen LogP contribution in [0.5, 0.6) is 5.75 Å². The zero-order chi connectivity index (χ0) is 17.2. The number of esters is 1. The number of rotatable bonds is 9. The van der Waals surface area contributed by atoms with E-state index < -0.39 is 6.10 Å². The van der Waals surface area contributed by atoms with Crippen molar-refractivity contribution >= 4 is 17.7 Å². The Morgan fingerprint density at radius 1 is 1.42 bits per heavy atom. The smallest absolute Gasteiger partial charge is 0.346 e. The fraction of sp³-hybridized carbons (Fsp3) is 0.611. The van der Waals surface area contributed by atoms with Crippen molar-refractivity contribution in [2.24, 2.45) is 0 Å². The van der Waals surface area contributed by atoms with Crippen molar-refractivity contribution in [3.8, 4) is 5.75 Å². The maximum atomic E-state index is 11.4. The van der Waals surface area contributed by atoms with Gasteiger partial charge in [-0.05, 0) is 50.8 Å². The van der Waals surface area contributed by atoms with Crippen LogP contribution in [0.2, 0.25) is 0 Å². The average molecular weight is 354 g/mol. The summed E-state index contributed by atoms with van der Waals surface area (Å²) in [4.78, 5) is 12.5. The third-order valence-corrected chi connectivity index (χ3v) is 4.73. The van der Waals surface area contributed by atoms with Crippen LogP contribution in [0.1, 0.15) is 32.6 Å². The van der Waals surface area contributed by atoms with Crippen LogP contribution in [0.15, 0.2) is 29.2 Å². The first-order chi connectivity index (χ1) is 11.7. The van der Waals surface area contributed by atoms with Gasteiger partial charge in [0.1, 0.15) is 5.75 Å². The Hall–Kier alpha value is -1.24. The van der Waals surface area contributed by atoms with Crippen molar-refractivity contribution in [1.29, 1.82) is 0 Å². The number of thioether (sulfide) groups is 1. The lowest BCUT2D eigenvalue weighted by atomic mass is 10.2. The third-order valence-electron chi connectivity index (χ3n) is 3.65. The largest absolute Gasteiger partial charge is 0.479 e. The molecule has 1 aliphatic heterocycles. The molecule has 5 nitrogen and oxygen atoms in total. The van der Waals surface area contributed by atoms with Crippen molar-refractivity contribution in [3.63, 3.8) is 0 Å². The molecule has 1 aromatic rings. The van der Waals surface area contributed by atoms with Crippen LogP contribution in [0, 0.1) is 0 Å². The van der Waals surface area contributed by atoms with E-state index in [2.05, 4.69) is 4.74 Å². The van der Waals surface area contributed by atoms with Crippen molar-refractivity contribution in [2.75, 3.05) is 26.1 Å². The quantitative estimate of drug-likeness (QED) is 0.383. The Balaban J connectivity index is 1.67. The summed E-state index contributed by atoms with van der Waals surface area (Å²) in [5.41, 5.74) is 0. The number of hydrogen-bond donors (Lipinski definition) is 0. The highest BCUT2D eigenvalue weighted by Gasteiger charge is 2.15. The number of benzene rings is 1. The third kappa shape index (κ3) is 6.71. The molecule has 0 amide bonds. The lowest BCUT2D eigenvalue weighted by Gasteiger charge is -2.22. The first-order valence-corrected chi connectivity index (χ1v) is 9.38. The normalized spacial score (nSPS) is 18.8. The molecule has 2 rings (SSSR count). The van der Waals surface area contributed by atoms with Gasteiger partial charge >= 0.3 is 5.97 Å². The van der Waals surface area contributed by atoms with E-state index >= 15 is 0 Å². The molecule has 1 aliphatic rings. The molecule has 2 atom stereocenters. The summed E-state index contributed by atoms with van der Waals surface area (Å²) in [7, 11) is 1.36. The van der Waals surface area contributed by atoms with Gasteiger partial charge in [0.15, 0.2) is 12.4 Å². The lowest BCUT2D eigenvalue weighted by molar-refractivity contribution is -0.162. The van der Waals surface area contributed by atoms with Crippen LogP contribution < -0.4 is 4.74 Å². The number of carbonyl (C=O) groups is 1. The maximum Gasteiger partial charge on any atom is 0.346 e. The first kappa shape index (κ1) is 19.1. The van der Waals surface area contributed by atoms with Crippen molar-refractivity contribution < 1.29 is 23.7 Å². The van der Waals surface area contributed by atoms with Gasteiger partial charge in [0.2, 0.25) is 0 Å². The lowest BCUT2D eigenvalue weighted by Crippen LogP contribution is -2.24. The second-order valence-electron chi connectivity index (χ2n) is 5.63. The van der Waals surface area contributed by atoms with Crippen LogP contribution in [0.4, 0.5) is 0 Å². The van der Waals surface area contributed by atoms with E-state index in [0.29, 0.717) is 12.4 Å². The Morgan fingerprint density at radius 3 is 3.04 bits per heavy atom. The molecule has 1 fully saturated rings. The molecule has 1 aromatic carbocycles. The van der Waals surface area contributed by atoms with Gasteiger partial charge in [-0.25, -0.2) is 4.79 Å². The zero-order valence-electron chi connectivity index (χ0n) is 14.4. The molecule has 0 radical (unpaired) electrons. The highest BCUT2D eigenvalue weighted by Crippen LogP contribution is 2.24. The number of ether oxygens (including phenoxy) is 4. The molecule has 24 heavy (non-hydrogen) atoms. The molecule has 0 N–H and O–H groups in total. The van der Waals surface area contributed by atoms with Crippen LogP contribution >= 0.6 is 11.8 Å². The Labute approximate surface area is 148 Å². The van der Waals surface area contributed by atoms with E-state index in [-0.39, 0.29) is 12.3 Å². The van der Waals surface area contributed by atoms with Crippen LogP contribution in [0.25, 0.3) is 0 Å². The molecule has 6 heteroatoms. The van der Waals surface area contributed by atoms with Crippen LogP contribution in [-0.2, 0) is 19.0 Å². The van der Waals surface area contributed by atoms with E-state index in [0.717, 1.165) is 36.5 Å². The van der Waals surface area contributed by atoms with Gasteiger partial charge in [-0.1, -0.05) is 6.07 Å². The first-order valence-electron chi connectivity index (χ1n) is 8.39. The minimum Gasteiger partial charge on any atom is -0.479 e. The molecular formula is C18H26O5S. The summed E-state index contributed by atoms with van der Waals surface area (Å²) in [6, 6.07) is 7.74. The van der Waals surface area contributed by atoms with Gasteiger partial charge in [-0.15, -0.1) is 11.8 Å². The zero-order valence-corrected chi connectivity index (χ0v) is 15.2. The van der Waals surface area contributed by atoms with Gasteiger partial charge in [0.25, 0.3) is 0 Å². The molecule has 1 heterocycles. The molecule has 0 aromatic heterocycles. The van der Waals surface area contributed by atoms with Gasteiger partial charge in [-0.2, -0.15) is 0 Å². The number of hydrogen-bond acceptors (Lipinski definition) is 6. The molecular weight excluding hydrogens is 328 g/mol. The van der Waals surface area contributed by atoms with Crippen molar-refractivity contribution in [2.45, 2.75) is 49.9 Å². The number of carbonyl (C=O) groups excluding carboxylic acids is 1. The Bertz CT molecular complexity index is 502. The minimum atomic E-state index is -0.612. The fourth-order valence-electron chi connectivity index (χ4n) is 2.36. The number of methoxy groups -OCH3 is 1. The second kappa shape index (κ2) is 10.6. The van der Waals surface area contributed by atoms with E-state index in [1.165, 1.54) is 13.5 Å². The van der Waals surface area contributed by atoms with Crippen LogP contribution in [-0.4, -0.2) is 44.4 Å². The Morgan fingerprint density at radius 2 is 2.29 bits per heavy atom. The summed E-state index contributed by atoms with van der Waals surface area (Å²) < 4.78 is 21.5. The predicted molar refractivity (Wildman–Crippen MR) is 93.4 cm³/mol. The molecule has 0 saturated carbocycles. The summed E-state index contributed by atoms with van der Waals surface area (Å²) in [6.07, 6.45) is 3.68. The van der Waals surface area contributed by atoms with Gasteiger partial charge in [-0.3, -0.25) is 0 Å². The SMILES string of the molecule is COC(=O)[C@H](C)Oc1cccc(SCCCOC2CCCCO2)c1.